The number of aromatic amines is 1. The van der Waals surface area contributed by atoms with Crippen molar-refractivity contribution in [2.75, 3.05) is 5.32 Å². The lowest BCUT2D eigenvalue weighted by Crippen LogP contribution is -2.12. The second-order valence-corrected chi connectivity index (χ2v) is 8.79. The largest absolute Gasteiger partial charge is 0.322 e. The molecule has 2 aromatic carbocycles. The molecule has 1 aliphatic rings. The molecule has 1 aliphatic heterocycles. The van der Waals surface area contributed by atoms with Crippen molar-refractivity contribution < 1.29 is 9.18 Å². The Bertz CT molecular complexity index is 1250. The van der Waals surface area contributed by atoms with E-state index in [-0.39, 0.29) is 11.7 Å². The lowest BCUT2D eigenvalue weighted by Gasteiger charge is -2.11. The summed E-state index contributed by atoms with van der Waals surface area (Å²) >= 11 is 1.53. The van der Waals surface area contributed by atoms with Gasteiger partial charge in [-0.2, -0.15) is 5.10 Å². The zero-order valence-electron chi connectivity index (χ0n) is 17.8. The third kappa shape index (κ3) is 4.80. The average molecular weight is 464 g/mol. The first-order chi connectivity index (χ1) is 16.2. The minimum Gasteiger partial charge on any atom is -0.322 e. The number of amides is 1. The predicted octanol–water partition coefficient (Wildman–Crippen LogP) is 4.47. The smallest absolute Gasteiger partial charge is 0.255 e. The van der Waals surface area contributed by atoms with Crippen molar-refractivity contribution in [3.05, 3.63) is 71.6 Å². The second kappa shape index (κ2) is 9.53. The number of nitrogens with one attached hydrogen (secondary N) is 2. The summed E-state index contributed by atoms with van der Waals surface area (Å²) in [6.45, 7) is 0.773. The number of halogens is 1. The molecule has 8 nitrogen and oxygen atoms in total. The Kier molecular flexibility index (Phi) is 6.16. The maximum atomic E-state index is 14.7. The molecule has 0 fully saturated rings. The molecule has 10 heteroatoms. The molecule has 2 N–H and O–H groups in total. The van der Waals surface area contributed by atoms with E-state index in [0.717, 1.165) is 48.8 Å². The molecule has 0 atom stereocenters. The molecule has 0 radical (unpaired) electrons. The third-order valence-corrected chi connectivity index (χ3v) is 6.51. The van der Waals surface area contributed by atoms with Gasteiger partial charge in [0.15, 0.2) is 11.0 Å². The summed E-state index contributed by atoms with van der Waals surface area (Å²) in [7, 11) is 0. The maximum absolute atomic E-state index is 14.7. The minimum absolute atomic E-state index is 0.262. The van der Waals surface area contributed by atoms with Crippen molar-refractivity contribution in [2.24, 2.45) is 0 Å². The van der Waals surface area contributed by atoms with Gasteiger partial charge in [0.2, 0.25) is 0 Å². The Labute approximate surface area is 194 Å². The summed E-state index contributed by atoms with van der Waals surface area (Å²) in [5.74, 6) is 1.45. The molecule has 5 rings (SSSR count). The van der Waals surface area contributed by atoms with Gasteiger partial charge in [-0.15, -0.1) is 10.2 Å². The molecule has 0 aliphatic carbocycles. The average Bonchev–Trinajstić information content (AvgIpc) is 3.44. The fraction of sp³-hybridized carbons (Fsp3) is 0.261. The van der Waals surface area contributed by atoms with Crippen LogP contribution in [0.4, 0.5) is 10.1 Å². The van der Waals surface area contributed by atoms with Gasteiger partial charge >= 0.3 is 0 Å². The van der Waals surface area contributed by atoms with E-state index >= 15 is 0 Å². The number of nitrogens with zero attached hydrogens (tertiary/aromatic N) is 5. The molecule has 4 aromatic rings. The number of benzene rings is 2. The number of thioether (sulfide) groups is 1. The predicted molar refractivity (Wildman–Crippen MR) is 123 cm³/mol. The minimum atomic E-state index is -0.388. The number of anilines is 1. The van der Waals surface area contributed by atoms with Gasteiger partial charge in [0.05, 0.1) is 5.56 Å². The molecule has 0 saturated heterocycles. The number of hydrogen-bond acceptors (Lipinski definition) is 6. The number of fused-ring (bicyclic) bond motifs is 1. The van der Waals surface area contributed by atoms with E-state index in [0.29, 0.717) is 28.4 Å². The number of H-pyrrole nitrogens is 1. The molecule has 0 unspecified atom stereocenters. The zero-order chi connectivity index (χ0) is 22.6. The summed E-state index contributed by atoms with van der Waals surface area (Å²) in [4.78, 5) is 16.8. The van der Waals surface area contributed by atoms with Gasteiger partial charge in [0, 0.05) is 30.0 Å². The van der Waals surface area contributed by atoms with Crippen LogP contribution in [-0.4, -0.2) is 35.9 Å². The molecule has 0 spiro atoms. The number of aromatic nitrogens is 6. The first-order valence-electron chi connectivity index (χ1n) is 10.8. The van der Waals surface area contributed by atoms with Crippen LogP contribution in [0.15, 0.2) is 53.9 Å². The van der Waals surface area contributed by atoms with E-state index in [1.165, 1.54) is 24.2 Å². The molecular weight excluding hydrogens is 441 g/mol. The fourth-order valence-corrected chi connectivity index (χ4v) is 4.56. The molecule has 33 heavy (non-hydrogen) atoms. The normalized spacial score (nSPS) is 13.4. The molecule has 3 heterocycles. The monoisotopic (exact) mass is 463 g/mol. The van der Waals surface area contributed by atoms with Crippen LogP contribution in [0, 0.1) is 5.82 Å². The van der Waals surface area contributed by atoms with Gasteiger partial charge in [-0.25, -0.2) is 9.37 Å². The Hall–Kier alpha value is -3.53. The van der Waals surface area contributed by atoms with Crippen LogP contribution >= 0.6 is 11.8 Å². The van der Waals surface area contributed by atoms with E-state index in [1.807, 2.05) is 16.7 Å². The van der Waals surface area contributed by atoms with E-state index in [2.05, 4.69) is 30.7 Å². The zero-order valence-corrected chi connectivity index (χ0v) is 18.6. The fourth-order valence-electron chi connectivity index (χ4n) is 3.83. The molecular formula is C23H22FN7OS. The Morgan fingerprint density at radius 3 is 2.82 bits per heavy atom. The van der Waals surface area contributed by atoms with Crippen molar-refractivity contribution in [2.45, 2.75) is 43.1 Å². The third-order valence-electron chi connectivity index (χ3n) is 5.56. The Balaban J connectivity index is 1.30. The van der Waals surface area contributed by atoms with Crippen LogP contribution in [-0.2, 0) is 18.7 Å². The number of hydrogen-bond donors (Lipinski definition) is 2. The summed E-state index contributed by atoms with van der Waals surface area (Å²) in [6, 6.07) is 11.9. The van der Waals surface area contributed by atoms with E-state index in [9.17, 15) is 9.18 Å². The lowest BCUT2D eigenvalue weighted by atomic mass is 10.1. The molecule has 1 amide bonds. The first kappa shape index (κ1) is 21.3. The number of rotatable bonds is 6. The van der Waals surface area contributed by atoms with Crippen LogP contribution < -0.4 is 5.32 Å². The van der Waals surface area contributed by atoms with E-state index in [4.69, 9.17) is 0 Å². The van der Waals surface area contributed by atoms with Crippen LogP contribution in [0.25, 0.3) is 11.4 Å². The van der Waals surface area contributed by atoms with Crippen LogP contribution in [0.1, 0.15) is 41.0 Å². The summed E-state index contributed by atoms with van der Waals surface area (Å²) < 4.78 is 16.7. The molecule has 2 aromatic heterocycles. The van der Waals surface area contributed by atoms with Crippen LogP contribution in [0.5, 0.6) is 0 Å². The standard InChI is InChI=1S/C23H22FN7OS/c24-19-10-9-17(12-18(19)21-29-28-20-4-2-1-3-11-31(20)21)27-22(32)16-7-5-15(6-8-16)13-33-23-25-14-26-30-23/h5-10,12,14H,1-4,11,13H2,(H,27,32)(H,25,26,30). The lowest BCUT2D eigenvalue weighted by molar-refractivity contribution is 0.102. The summed E-state index contributed by atoms with van der Waals surface area (Å²) in [6.07, 6.45) is 5.52. The van der Waals surface area contributed by atoms with Crippen LogP contribution in [0.3, 0.4) is 0 Å². The van der Waals surface area contributed by atoms with Crippen molar-refractivity contribution in [1.29, 1.82) is 0 Å². The SMILES string of the molecule is O=C(Nc1ccc(F)c(-c2nnc3n2CCCCC3)c1)c1ccc(CSc2ncn[nH]2)cc1. The highest BCUT2D eigenvalue weighted by molar-refractivity contribution is 7.98. The molecule has 0 saturated carbocycles. The van der Waals surface area contributed by atoms with E-state index < -0.39 is 0 Å². The van der Waals surface area contributed by atoms with Gasteiger partial charge < -0.3 is 9.88 Å². The van der Waals surface area contributed by atoms with Gasteiger partial charge in [-0.3, -0.25) is 9.89 Å². The van der Waals surface area contributed by atoms with Gasteiger partial charge in [0.1, 0.15) is 18.0 Å². The van der Waals surface area contributed by atoms with Gasteiger partial charge in [-0.05, 0) is 48.7 Å². The summed E-state index contributed by atoms with van der Waals surface area (Å²) in [5.41, 5.74) is 2.43. The number of carbonyl (C=O) groups excluding carboxylic acids is 1. The highest BCUT2D eigenvalue weighted by atomic mass is 32.2. The van der Waals surface area contributed by atoms with Gasteiger partial charge in [0.25, 0.3) is 5.91 Å². The quantitative estimate of drug-likeness (QED) is 0.409. The van der Waals surface area contributed by atoms with Crippen LogP contribution in [0.2, 0.25) is 0 Å². The Morgan fingerprint density at radius 1 is 1.12 bits per heavy atom. The Morgan fingerprint density at radius 2 is 2.00 bits per heavy atom. The van der Waals surface area contributed by atoms with Crippen molar-refractivity contribution in [1.82, 2.24) is 29.9 Å². The summed E-state index contributed by atoms with van der Waals surface area (Å²) in [5, 5.41) is 18.7. The number of carbonyl (C=O) groups is 1. The van der Waals surface area contributed by atoms with Crippen molar-refractivity contribution >= 4 is 23.4 Å². The second-order valence-electron chi connectivity index (χ2n) is 7.83. The highest BCUT2D eigenvalue weighted by Gasteiger charge is 2.19. The highest BCUT2D eigenvalue weighted by Crippen LogP contribution is 2.28. The van der Waals surface area contributed by atoms with Gasteiger partial charge in [-0.1, -0.05) is 30.3 Å². The number of aryl methyl sites for hydroxylation is 1. The molecule has 0 bridgehead atoms. The topological polar surface area (TPSA) is 101 Å². The first-order valence-corrected chi connectivity index (χ1v) is 11.8. The van der Waals surface area contributed by atoms with Crippen molar-refractivity contribution in [3.8, 4) is 11.4 Å². The maximum Gasteiger partial charge on any atom is 0.255 e. The van der Waals surface area contributed by atoms with E-state index in [1.54, 1.807) is 24.3 Å². The van der Waals surface area contributed by atoms with Crippen molar-refractivity contribution in [3.63, 3.8) is 0 Å². The molecule has 168 valence electrons.